The first-order valence-electron chi connectivity index (χ1n) is 9.93. The lowest BCUT2D eigenvalue weighted by atomic mass is 9.99. The third kappa shape index (κ3) is 4.30. The molecule has 1 atom stereocenters. The van der Waals surface area contributed by atoms with E-state index in [0.29, 0.717) is 6.54 Å². The summed E-state index contributed by atoms with van der Waals surface area (Å²) in [5.74, 6) is 0.789. The van der Waals surface area contributed by atoms with Crippen molar-refractivity contribution in [1.29, 1.82) is 0 Å². The van der Waals surface area contributed by atoms with Crippen molar-refractivity contribution in [3.63, 3.8) is 0 Å². The number of hydrogen-bond acceptors (Lipinski definition) is 3. The highest BCUT2D eigenvalue weighted by molar-refractivity contribution is 7.99. The normalized spacial score (nSPS) is 14.3. The van der Waals surface area contributed by atoms with E-state index in [9.17, 15) is 9.59 Å². The third-order valence-electron chi connectivity index (χ3n) is 5.26. The number of amides is 2. The molecule has 0 fully saturated rings. The Morgan fingerprint density at radius 1 is 1.00 bits per heavy atom. The van der Waals surface area contributed by atoms with Crippen LogP contribution < -0.4 is 10.2 Å². The minimum Gasteiger partial charge on any atom is -0.350 e. The van der Waals surface area contributed by atoms with Crippen LogP contribution in [0.2, 0.25) is 0 Å². The smallest absolute Gasteiger partial charge is 0.227 e. The topological polar surface area (TPSA) is 49.4 Å². The Bertz CT molecular complexity index is 1040. The molecule has 29 heavy (non-hydrogen) atoms. The minimum atomic E-state index is -0.115. The van der Waals surface area contributed by atoms with Gasteiger partial charge < -0.3 is 10.2 Å². The summed E-state index contributed by atoms with van der Waals surface area (Å²) in [4.78, 5) is 28.2. The predicted octanol–water partition coefficient (Wildman–Crippen LogP) is 4.94. The molecule has 0 saturated heterocycles. The number of fused-ring (bicyclic) bond motifs is 2. The zero-order valence-electron chi connectivity index (χ0n) is 16.4. The summed E-state index contributed by atoms with van der Waals surface area (Å²) in [5.41, 5.74) is 2.04. The van der Waals surface area contributed by atoms with Gasteiger partial charge in [0.25, 0.3) is 0 Å². The van der Waals surface area contributed by atoms with Gasteiger partial charge in [-0.25, -0.2) is 0 Å². The fraction of sp³-hybridized carbons (Fsp3) is 0.250. The fourth-order valence-corrected chi connectivity index (χ4v) is 4.80. The summed E-state index contributed by atoms with van der Waals surface area (Å²) in [6, 6.07) is 22.1. The molecule has 1 N–H and O–H groups in total. The first kappa shape index (κ1) is 19.5. The fourth-order valence-electron chi connectivity index (χ4n) is 3.80. The maximum atomic E-state index is 12.7. The summed E-state index contributed by atoms with van der Waals surface area (Å²) < 4.78 is 0. The Hall–Kier alpha value is -2.79. The molecule has 4 rings (SSSR count). The van der Waals surface area contributed by atoms with Crippen LogP contribution in [0, 0.1) is 0 Å². The van der Waals surface area contributed by atoms with Gasteiger partial charge >= 0.3 is 0 Å². The number of para-hydroxylation sites is 1. The van der Waals surface area contributed by atoms with Gasteiger partial charge in [0.2, 0.25) is 11.8 Å². The Kier molecular flexibility index (Phi) is 5.86. The lowest BCUT2D eigenvalue weighted by molar-refractivity contribution is -0.125. The first-order valence-corrected chi connectivity index (χ1v) is 10.9. The van der Waals surface area contributed by atoms with Gasteiger partial charge in [-0.3, -0.25) is 9.59 Å². The van der Waals surface area contributed by atoms with Crippen molar-refractivity contribution in [2.75, 3.05) is 17.2 Å². The summed E-state index contributed by atoms with van der Waals surface area (Å²) in [7, 11) is 0. The lowest BCUT2D eigenvalue weighted by Gasteiger charge is -2.29. The average molecular weight is 405 g/mol. The molecular weight excluding hydrogens is 380 g/mol. The molecule has 5 heteroatoms. The minimum absolute atomic E-state index is 0.00529. The van der Waals surface area contributed by atoms with E-state index in [4.69, 9.17) is 0 Å². The second-order valence-electron chi connectivity index (χ2n) is 7.22. The van der Waals surface area contributed by atoms with Crippen LogP contribution in [0.4, 0.5) is 5.69 Å². The largest absolute Gasteiger partial charge is 0.350 e. The number of nitrogens with one attached hydrogen (secondary N) is 1. The molecule has 1 aliphatic rings. The van der Waals surface area contributed by atoms with Crippen molar-refractivity contribution < 1.29 is 9.59 Å². The van der Waals surface area contributed by atoms with Crippen LogP contribution in [-0.4, -0.2) is 24.1 Å². The van der Waals surface area contributed by atoms with E-state index in [1.807, 2.05) is 60.4 Å². The van der Waals surface area contributed by atoms with Gasteiger partial charge in [0.05, 0.1) is 11.7 Å². The Morgan fingerprint density at radius 2 is 1.76 bits per heavy atom. The molecule has 0 aromatic heterocycles. The van der Waals surface area contributed by atoms with E-state index in [1.165, 1.54) is 0 Å². The zero-order chi connectivity index (χ0) is 20.2. The predicted molar refractivity (Wildman–Crippen MR) is 119 cm³/mol. The van der Waals surface area contributed by atoms with E-state index >= 15 is 0 Å². The van der Waals surface area contributed by atoms with Crippen molar-refractivity contribution in [2.24, 2.45) is 0 Å². The highest BCUT2D eigenvalue weighted by atomic mass is 32.2. The van der Waals surface area contributed by atoms with Crippen LogP contribution in [0.3, 0.4) is 0 Å². The van der Waals surface area contributed by atoms with Gasteiger partial charge in [-0.2, -0.15) is 0 Å². The zero-order valence-corrected chi connectivity index (χ0v) is 17.2. The molecule has 0 spiro atoms. The molecule has 0 aliphatic carbocycles. The molecule has 1 aliphatic heterocycles. The molecule has 3 aromatic carbocycles. The Labute approximate surface area is 175 Å². The molecule has 0 radical (unpaired) electrons. The monoisotopic (exact) mass is 404 g/mol. The van der Waals surface area contributed by atoms with E-state index in [0.717, 1.165) is 32.7 Å². The second-order valence-corrected chi connectivity index (χ2v) is 8.36. The van der Waals surface area contributed by atoms with Crippen molar-refractivity contribution >= 4 is 40.0 Å². The quantitative estimate of drug-likeness (QED) is 0.656. The summed E-state index contributed by atoms with van der Waals surface area (Å²) in [6.07, 6.45) is 0.410. The number of rotatable bonds is 5. The van der Waals surface area contributed by atoms with Crippen LogP contribution in [0.15, 0.2) is 71.6 Å². The third-order valence-corrected chi connectivity index (χ3v) is 6.31. The number of nitrogens with zero attached hydrogens (tertiary/aromatic N) is 1. The second kappa shape index (κ2) is 8.70. The Morgan fingerprint density at radius 3 is 2.66 bits per heavy atom. The van der Waals surface area contributed by atoms with Crippen molar-refractivity contribution in [3.05, 3.63) is 72.3 Å². The average Bonchev–Trinajstić information content (AvgIpc) is 2.76. The van der Waals surface area contributed by atoms with Crippen molar-refractivity contribution in [3.8, 4) is 0 Å². The van der Waals surface area contributed by atoms with Crippen molar-refractivity contribution in [2.45, 2.75) is 30.7 Å². The molecule has 1 heterocycles. The number of hydrogen-bond donors (Lipinski definition) is 1. The van der Waals surface area contributed by atoms with E-state index in [-0.39, 0.29) is 30.7 Å². The molecule has 148 valence electrons. The van der Waals surface area contributed by atoms with Gasteiger partial charge in [-0.15, -0.1) is 11.8 Å². The van der Waals surface area contributed by atoms with Gasteiger partial charge in [-0.05, 0) is 35.4 Å². The first-order chi connectivity index (χ1) is 14.1. The van der Waals surface area contributed by atoms with E-state index in [1.54, 1.807) is 11.8 Å². The maximum absolute atomic E-state index is 12.7. The SMILES string of the molecule is CC(NC(=O)CCC(=O)N1CCSc2ccccc21)c1cccc2ccccc12. The molecule has 0 bridgehead atoms. The van der Waals surface area contributed by atoms with Gasteiger partial charge in [-0.1, -0.05) is 54.6 Å². The van der Waals surface area contributed by atoms with Crippen LogP contribution >= 0.6 is 11.8 Å². The standard InChI is InChI=1S/C24H24N2O2S/c1-17(19-10-6-8-18-7-2-3-9-20(18)19)25-23(27)13-14-24(28)26-15-16-29-22-12-5-4-11-21(22)26/h2-12,17H,13-16H2,1H3,(H,25,27). The van der Waals surface area contributed by atoms with Crippen LogP contribution in [0.5, 0.6) is 0 Å². The van der Waals surface area contributed by atoms with E-state index in [2.05, 4.69) is 23.5 Å². The number of anilines is 1. The van der Waals surface area contributed by atoms with Gasteiger partial charge in [0.1, 0.15) is 0 Å². The molecule has 3 aromatic rings. The molecule has 4 nitrogen and oxygen atoms in total. The summed E-state index contributed by atoms with van der Waals surface area (Å²) >= 11 is 1.77. The Balaban J connectivity index is 1.37. The molecule has 0 saturated carbocycles. The van der Waals surface area contributed by atoms with Crippen LogP contribution in [0.25, 0.3) is 10.8 Å². The molecule has 2 amide bonds. The maximum Gasteiger partial charge on any atom is 0.227 e. The highest BCUT2D eigenvalue weighted by Crippen LogP contribution is 2.34. The van der Waals surface area contributed by atoms with Gasteiger partial charge in [0.15, 0.2) is 0 Å². The molecular formula is C24H24N2O2S. The summed E-state index contributed by atoms with van der Waals surface area (Å²) in [5, 5.41) is 5.35. The number of carbonyl (C=O) groups excluding carboxylic acids is 2. The summed E-state index contributed by atoms with van der Waals surface area (Å²) in [6.45, 7) is 2.67. The lowest BCUT2D eigenvalue weighted by Crippen LogP contribution is -2.36. The number of carbonyl (C=O) groups is 2. The number of thioether (sulfide) groups is 1. The van der Waals surface area contributed by atoms with Crippen LogP contribution in [-0.2, 0) is 9.59 Å². The highest BCUT2D eigenvalue weighted by Gasteiger charge is 2.23. The molecule has 1 unspecified atom stereocenters. The van der Waals surface area contributed by atoms with Crippen LogP contribution in [0.1, 0.15) is 31.4 Å². The van der Waals surface area contributed by atoms with Crippen molar-refractivity contribution in [1.82, 2.24) is 5.32 Å². The van der Waals surface area contributed by atoms with Gasteiger partial charge in [0, 0.05) is 30.0 Å². The van der Waals surface area contributed by atoms with E-state index < -0.39 is 0 Å². The number of benzene rings is 3.